The SMILES string of the molecule is CN(C(=O)c1ccc(N2CCOCC2)cc1)c1[nH]nc2sc(C(=O)NC(C)(C)c3ccc(F)cc3)cc12. The Hall–Kier alpha value is -3.76. The van der Waals surface area contributed by atoms with Crippen LogP contribution in [0.2, 0.25) is 0 Å². The van der Waals surface area contributed by atoms with Gasteiger partial charge in [-0.3, -0.25) is 19.6 Å². The Balaban J connectivity index is 1.32. The van der Waals surface area contributed by atoms with Gasteiger partial charge in [0.25, 0.3) is 11.8 Å². The average molecular weight is 522 g/mol. The largest absolute Gasteiger partial charge is 0.378 e. The maximum absolute atomic E-state index is 13.3. The summed E-state index contributed by atoms with van der Waals surface area (Å²) in [6.45, 7) is 6.77. The van der Waals surface area contributed by atoms with E-state index in [1.807, 2.05) is 38.1 Å². The van der Waals surface area contributed by atoms with Gasteiger partial charge in [0.15, 0.2) is 0 Å². The number of nitrogens with one attached hydrogen (secondary N) is 2. The van der Waals surface area contributed by atoms with Crippen LogP contribution >= 0.6 is 11.3 Å². The van der Waals surface area contributed by atoms with Crippen LogP contribution in [0.25, 0.3) is 10.2 Å². The summed E-state index contributed by atoms with van der Waals surface area (Å²) in [7, 11) is 1.68. The van der Waals surface area contributed by atoms with Gasteiger partial charge in [-0.15, -0.1) is 11.3 Å². The monoisotopic (exact) mass is 521 g/mol. The molecule has 2 N–H and O–H groups in total. The number of benzene rings is 2. The van der Waals surface area contributed by atoms with Crippen LogP contribution in [-0.2, 0) is 10.3 Å². The normalized spacial score (nSPS) is 14.1. The lowest BCUT2D eigenvalue weighted by Crippen LogP contribution is -2.40. The molecule has 1 fully saturated rings. The van der Waals surface area contributed by atoms with Gasteiger partial charge in [-0.2, -0.15) is 5.10 Å². The lowest BCUT2D eigenvalue weighted by Gasteiger charge is -2.29. The van der Waals surface area contributed by atoms with Gasteiger partial charge < -0.3 is 15.0 Å². The van der Waals surface area contributed by atoms with E-state index >= 15 is 0 Å². The van der Waals surface area contributed by atoms with E-state index in [9.17, 15) is 14.0 Å². The van der Waals surface area contributed by atoms with E-state index < -0.39 is 5.54 Å². The Labute approximate surface area is 218 Å². The molecule has 10 heteroatoms. The molecule has 192 valence electrons. The highest BCUT2D eigenvalue weighted by molar-refractivity contribution is 7.20. The molecule has 0 spiro atoms. The third-order valence-corrected chi connectivity index (χ3v) is 7.60. The predicted molar refractivity (Wildman–Crippen MR) is 143 cm³/mol. The number of amides is 2. The molecule has 3 heterocycles. The minimum Gasteiger partial charge on any atom is -0.378 e. The minimum absolute atomic E-state index is 0.186. The zero-order valence-corrected chi connectivity index (χ0v) is 21.7. The summed E-state index contributed by atoms with van der Waals surface area (Å²) in [4.78, 5) is 31.1. The number of fused-ring (bicyclic) bond motifs is 1. The van der Waals surface area contributed by atoms with E-state index in [-0.39, 0.29) is 17.6 Å². The molecule has 37 heavy (non-hydrogen) atoms. The van der Waals surface area contributed by atoms with Crippen LogP contribution in [-0.4, -0.2) is 55.4 Å². The second-order valence-electron chi connectivity index (χ2n) is 9.50. The van der Waals surface area contributed by atoms with Crippen molar-refractivity contribution in [3.05, 3.63) is 76.4 Å². The van der Waals surface area contributed by atoms with Gasteiger partial charge in [0, 0.05) is 31.4 Å². The van der Waals surface area contributed by atoms with Crippen molar-refractivity contribution in [3.63, 3.8) is 0 Å². The molecule has 2 aromatic carbocycles. The Morgan fingerprint density at radius 3 is 2.46 bits per heavy atom. The fraction of sp³-hybridized carbons (Fsp3) is 0.296. The quantitative estimate of drug-likeness (QED) is 0.389. The molecule has 0 saturated carbocycles. The summed E-state index contributed by atoms with van der Waals surface area (Å²) in [6.07, 6.45) is 0. The van der Waals surface area contributed by atoms with E-state index in [2.05, 4.69) is 20.4 Å². The number of carbonyl (C=O) groups is 2. The molecule has 4 aromatic rings. The van der Waals surface area contributed by atoms with Crippen LogP contribution in [0.1, 0.15) is 39.4 Å². The topological polar surface area (TPSA) is 90.6 Å². The number of nitrogens with zero attached hydrogens (tertiary/aromatic N) is 3. The van der Waals surface area contributed by atoms with Gasteiger partial charge in [-0.1, -0.05) is 12.1 Å². The highest BCUT2D eigenvalue weighted by Crippen LogP contribution is 2.32. The number of anilines is 2. The lowest BCUT2D eigenvalue weighted by atomic mass is 9.94. The van der Waals surface area contributed by atoms with E-state index in [1.165, 1.54) is 28.4 Å². The highest BCUT2D eigenvalue weighted by atomic mass is 32.1. The smallest absolute Gasteiger partial charge is 0.262 e. The first-order valence-corrected chi connectivity index (χ1v) is 12.8. The molecule has 0 radical (unpaired) electrons. The molecule has 8 nitrogen and oxygen atoms in total. The number of hydrogen-bond acceptors (Lipinski definition) is 6. The van der Waals surface area contributed by atoms with Crippen LogP contribution in [0.5, 0.6) is 0 Å². The Morgan fingerprint density at radius 1 is 1.11 bits per heavy atom. The Morgan fingerprint density at radius 2 is 1.78 bits per heavy atom. The molecular formula is C27H28FN5O3S. The first-order valence-electron chi connectivity index (χ1n) is 12.0. The predicted octanol–water partition coefficient (Wildman–Crippen LogP) is 4.54. The molecule has 0 aliphatic carbocycles. The zero-order valence-electron chi connectivity index (χ0n) is 20.9. The number of ether oxygens (including phenoxy) is 1. The second kappa shape index (κ2) is 9.95. The first-order chi connectivity index (χ1) is 17.7. The molecule has 0 bridgehead atoms. The fourth-order valence-electron chi connectivity index (χ4n) is 4.38. The third kappa shape index (κ3) is 5.07. The van der Waals surface area contributed by atoms with Crippen LogP contribution in [0.3, 0.4) is 0 Å². The molecule has 0 unspecified atom stereocenters. The minimum atomic E-state index is -0.707. The maximum Gasteiger partial charge on any atom is 0.262 e. The van der Waals surface area contributed by atoms with Crippen molar-refractivity contribution in [1.82, 2.24) is 15.5 Å². The summed E-state index contributed by atoms with van der Waals surface area (Å²) >= 11 is 1.24. The first kappa shape index (κ1) is 24.9. The number of carbonyl (C=O) groups excluding carboxylic acids is 2. The summed E-state index contributed by atoms with van der Waals surface area (Å²) < 4.78 is 18.7. The van der Waals surface area contributed by atoms with Crippen LogP contribution in [0.15, 0.2) is 54.6 Å². The zero-order chi connectivity index (χ0) is 26.2. The summed E-state index contributed by atoms with van der Waals surface area (Å²) in [5.41, 5.74) is 1.69. The van der Waals surface area contributed by atoms with Crippen molar-refractivity contribution in [3.8, 4) is 0 Å². The van der Waals surface area contributed by atoms with Crippen molar-refractivity contribution < 1.29 is 18.7 Å². The summed E-state index contributed by atoms with van der Waals surface area (Å²) in [5, 5.41) is 10.9. The van der Waals surface area contributed by atoms with Gasteiger partial charge in [0.1, 0.15) is 16.5 Å². The maximum atomic E-state index is 13.3. The number of rotatable bonds is 6. The van der Waals surface area contributed by atoms with Gasteiger partial charge in [-0.25, -0.2) is 4.39 Å². The van der Waals surface area contributed by atoms with E-state index in [1.54, 1.807) is 25.2 Å². The molecule has 2 aromatic heterocycles. The molecule has 5 rings (SSSR count). The molecule has 1 aliphatic rings. The fourth-order valence-corrected chi connectivity index (χ4v) is 5.27. The van der Waals surface area contributed by atoms with E-state index in [4.69, 9.17) is 4.74 Å². The van der Waals surface area contributed by atoms with Crippen molar-refractivity contribution in [1.29, 1.82) is 0 Å². The van der Waals surface area contributed by atoms with Crippen molar-refractivity contribution in [2.75, 3.05) is 43.2 Å². The number of aromatic nitrogens is 2. The van der Waals surface area contributed by atoms with Crippen molar-refractivity contribution in [2.24, 2.45) is 0 Å². The standard InChI is InChI=1S/C27H28FN5O3S/c1-27(2,18-6-8-19(28)9-7-18)29-24(34)22-16-21-23(30-31-25(21)37-22)32(3)26(35)17-4-10-20(11-5-17)33-12-14-36-15-13-33/h4-11,16H,12-15H2,1-3H3,(H,29,34)(H,30,31). The van der Waals surface area contributed by atoms with Crippen molar-refractivity contribution >= 4 is 44.9 Å². The van der Waals surface area contributed by atoms with Gasteiger partial charge >= 0.3 is 0 Å². The van der Waals surface area contributed by atoms with Crippen molar-refractivity contribution in [2.45, 2.75) is 19.4 Å². The average Bonchev–Trinajstić information content (AvgIpc) is 3.50. The Kier molecular flexibility index (Phi) is 6.70. The number of H-pyrrole nitrogens is 1. The number of aromatic amines is 1. The number of halogens is 1. The number of hydrogen-bond donors (Lipinski definition) is 2. The Bertz CT molecular complexity index is 1420. The molecule has 1 aliphatic heterocycles. The van der Waals surface area contributed by atoms with Crippen LogP contribution in [0, 0.1) is 5.82 Å². The second-order valence-corrected chi connectivity index (χ2v) is 10.5. The summed E-state index contributed by atoms with van der Waals surface area (Å²) in [5.74, 6) is -0.264. The number of thiophene rings is 1. The lowest BCUT2D eigenvalue weighted by molar-refractivity contribution is 0.0915. The molecular weight excluding hydrogens is 493 g/mol. The molecule has 1 saturated heterocycles. The summed E-state index contributed by atoms with van der Waals surface area (Å²) in [6, 6.07) is 15.3. The van der Waals surface area contributed by atoms with Crippen LogP contribution < -0.4 is 15.1 Å². The molecule has 2 amide bonds. The van der Waals surface area contributed by atoms with Gasteiger partial charge in [0.2, 0.25) is 0 Å². The van der Waals surface area contributed by atoms with E-state index in [0.29, 0.717) is 39.7 Å². The highest BCUT2D eigenvalue weighted by Gasteiger charge is 2.26. The van der Waals surface area contributed by atoms with E-state index in [0.717, 1.165) is 24.3 Å². The molecule has 0 atom stereocenters. The van der Waals surface area contributed by atoms with Crippen LogP contribution in [0.4, 0.5) is 15.9 Å². The third-order valence-electron chi connectivity index (χ3n) is 6.58. The van der Waals surface area contributed by atoms with Gasteiger partial charge in [0.05, 0.1) is 29.0 Å². The number of morpholine rings is 1. The van der Waals surface area contributed by atoms with Gasteiger partial charge in [-0.05, 0) is 61.9 Å².